The second-order valence-corrected chi connectivity index (χ2v) is 2.83. The number of aliphatic carboxylic acids is 1. The van der Waals surface area contributed by atoms with Gasteiger partial charge in [-0.25, -0.2) is 0 Å². The Labute approximate surface area is 76.9 Å². The van der Waals surface area contributed by atoms with E-state index in [-0.39, 0.29) is 13.0 Å². The molecule has 0 bridgehead atoms. The fourth-order valence-corrected chi connectivity index (χ4v) is 0.827. The first-order chi connectivity index (χ1) is 5.99. The molecular formula is C8H15NO4. The molecule has 0 aromatic heterocycles. The Balaban J connectivity index is 3.92. The number of hydrogen-bond acceptors (Lipinski definition) is 4. The maximum atomic E-state index is 11.0. The average Bonchev–Trinajstić information content (AvgIpc) is 2.04. The number of carboxylic acids is 1. The van der Waals surface area contributed by atoms with Gasteiger partial charge in [-0.1, -0.05) is 6.92 Å². The molecule has 0 radical (unpaired) electrons. The van der Waals surface area contributed by atoms with Crippen LogP contribution in [-0.2, 0) is 14.3 Å². The van der Waals surface area contributed by atoms with E-state index in [0.717, 1.165) is 0 Å². The van der Waals surface area contributed by atoms with Crippen molar-refractivity contribution in [1.29, 1.82) is 0 Å². The standard InChI is InChI=1S/C8H15NO4/c1-3-13-8(12)6(9)4-5(2)7(10)11/h5-6H,3-4,9H2,1-2H3,(H,10,11). The molecule has 0 heterocycles. The highest BCUT2D eigenvalue weighted by Gasteiger charge is 2.21. The van der Waals surface area contributed by atoms with Gasteiger partial charge in [0, 0.05) is 0 Å². The summed E-state index contributed by atoms with van der Waals surface area (Å²) in [6.45, 7) is 3.43. The monoisotopic (exact) mass is 189 g/mol. The minimum Gasteiger partial charge on any atom is -0.481 e. The van der Waals surface area contributed by atoms with Crippen LogP contribution in [0.25, 0.3) is 0 Å². The maximum absolute atomic E-state index is 11.0. The van der Waals surface area contributed by atoms with Crippen LogP contribution in [0.5, 0.6) is 0 Å². The summed E-state index contributed by atoms with van der Waals surface area (Å²) in [6.07, 6.45) is 0.105. The predicted octanol–water partition coefficient (Wildman–Crippen LogP) is -0.0124. The molecule has 76 valence electrons. The van der Waals surface area contributed by atoms with Gasteiger partial charge in [0.1, 0.15) is 6.04 Å². The van der Waals surface area contributed by atoms with Crippen LogP contribution in [0.3, 0.4) is 0 Å². The lowest BCUT2D eigenvalue weighted by molar-refractivity contribution is -0.146. The molecule has 0 fully saturated rings. The Morgan fingerprint density at radius 3 is 2.46 bits per heavy atom. The van der Waals surface area contributed by atoms with Crippen molar-refractivity contribution >= 4 is 11.9 Å². The molecule has 0 aromatic carbocycles. The minimum absolute atomic E-state index is 0.105. The number of esters is 1. The van der Waals surface area contributed by atoms with Crippen molar-refractivity contribution in [2.45, 2.75) is 26.3 Å². The summed E-state index contributed by atoms with van der Waals surface area (Å²) in [5.74, 6) is -2.13. The van der Waals surface area contributed by atoms with Crippen LogP contribution in [0.4, 0.5) is 0 Å². The van der Waals surface area contributed by atoms with Crippen molar-refractivity contribution in [3.8, 4) is 0 Å². The Hall–Kier alpha value is -1.10. The third-order valence-electron chi connectivity index (χ3n) is 1.62. The van der Waals surface area contributed by atoms with Gasteiger partial charge >= 0.3 is 11.9 Å². The van der Waals surface area contributed by atoms with Crippen LogP contribution in [0.1, 0.15) is 20.3 Å². The number of carbonyl (C=O) groups excluding carboxylic acids is 1. The van der Waals surface area contributed by atoms with Gasteiger partial charge in [-0.2, -0.15) is 0 Å². The van der Waals surface area contributed by atoms with Gasteiger partial charge in [-0.05, 0) is 13.3 Å². The predicted molar refractivity (Wildman–Crippen MR) is 46.0 cm³/mol. The largest absolute Gasteiger partial charge is 0.481 e. The van der Waals surface area contributed by atoms with Crippen LogP contribution >= 0.6 is 0 Å². The molecule has 0 aliphatic rings. The third-order valence-corrected chi connectivity index (χ3v) is 1.62. The summed E-state index contributed by atoms with van der Waals surface area (Å²) >= 11 is 0. The fraction of sp³-hybridized carbons (Fsp3) is 0.750. The van der Waals surface area contributed by atoms with E-state index in [0.29, 0.717) is 0 Å². The molecule has 0 saturated heterocycles. The van der Waals surface area contributed by atoms with Crippen molar-refractivity contribution in [1.82, 2.24) is 0 Å². The van der Waals surface area contributed by atoms with Gasteiger partial charge in [0.25, 0.3) is 0 Å². The molecular weight excluding hydrogens is 174 g/mol. The highest BCUT2D eigenvalue weighted by molar-refractivity contribution is 5.77. The normalized spacial score (nSPS) is 14.7. The first-order valence-corrected chi connectivity index (χ1v) is 4.14. The topological polar surface area (TPSA) is 89.6 Å². The van der Waals surface area contributed by atoms with Gasteiger partial charge in [0.15, 0.2) is 0 Å². The number of carbonyl (C=O) groups is 2. The highest BCUT2D eigenvalue weighted by Crippen LogP contribution is 2.05. The third kappa shape index (κ3) is 4.47. The summed E-state index contributed by atoms with van der Waals surface area (Å²) in [5.41, 5.74) is 5.40. The van der Waals surface area contributed by atoms with Crippen molar-refractivity contribution in [2.75, 3.05) is 6.61 Å². The molecule has 0 rings (SSSR count). The number of rotatable bonds is 5. The zero-order chi connectivity index (χ0) is 10.4. The first kappa shape index (κ1) is 11.9. The summed E-state index contributed by atoms with van der Waals surface area (Å²) in [7, 11) is 0. The van der Waals surface area contributed by atoms with Crippen molar-refractivity contribution < 1.29 is 19.4 Å². The Morgan fingerprint density at radius 1 is 1.54 bits per heavy atom. The van der Waals surface area contributed by atoms with Gasteiger partial charge < -0.3 is 15.6 Å². The van der Waals surface area contributed by atoms with Crippen LogP contribution < -0.4 is 5.73 Å². The van der Waals surface area contributed by atoms with Crippen molar-refractivity contribution in [2.24, 2.45) is 11.7 Å². The number of ether oxygens (including phenoxy) is 1. The Kier molecular flexibility index (Phi) is 5.06. The van der Waals surface area contributed by atoms with E-state index in [1.807, 2.05) is 0 Å². The Morgan fingerprint density at radius 2 is 2.08 bits per heavy atom. The van der Waals surface area contributed by atoms with Gasteiger partial charge in [-0.15, -0.1) is 0 Å². The number of nitrogens with two attached hydrogens (primary N) is 1. The molecule has 0 amide bonds. The van der Waals surface area contributed by atoms with Crippen LogP contribution in [0.15, 0.2) is 0 Å². The van der Waals surface area contributed by atoms with E-state index >= 15 is 0 Å². The minimum atomic E-state index is -0.959. The van der Waals surface area contributed by atoms with E-state index in [1.165, 1.54) is 6.92 Å². The second-order valence-electron chi connectivity index (χ2n) is 2.83. The Bertz CT molecular complexity index is 193. The number of carboxylic acid groups (broad SMARTS) is 1. The van der Waals surface area contributed by atoms with Gasteiger partial charge in [-0.3, -0.25) is 9.59 Å². The maximum Gasteiger partial charge on any atom is 0.322 e. The van der Waals surface area contributed by atoms with E-state index in [9.17, 15) is 9.59 Å². The highest BCUT2D eigenvalue weighted by atomic mass is 16.5. The summed E-state index contributed by atoms with van der Waals surface area (Å²) in [6, 6.07) is -0.842. The average molecular weight is 189 g/mol. The molecule has 0 aliphatic carbocycles. The van der Waals surface area contributed by atoms with Gasteiger partial charge in [0.2, 0.25) is 0 Å². The molecule has 3 N–H and O–H groups in total. The van der Waals surface area contributed by atoms with E-state index < -0.39 is 23.9 Å². The molecule has 0 saturated carbocycles. The molecule has 0 aromatic rings. The van der Waals surface area contributed by atoms with E-state index in [4.69, 9.17) is 10.8 Å². The molecule has 2 unspecified atom stereocenters. The van der Waals surface area contributed by atoms with Crippen molar-refractivity contribution in [3.05, 3.63) is 0 Å². The second kappa shape index (κ2) is 5.53. The fourth-order valence-electron chi connectivity index (χ4n) is 0.827. The zero-order valence-electron chi connectivity index (χ0n) is 7.82. The molecule has 5 nitrogen and oxygen atoms in total. The molecule has 5 heteroatoms. The molecule has 0 aliphatic heterocycles. The van der Waals surface area contributed by atoms with Gasteiger partial charge in [0.05, 0.1) is 12.5 Å². The molecule has 0 spiro atoms. The summed E-state index contributed by atoms with van der Waals surface area (Å²) in [5, 5.41) is 8.53. The van der Waals surface area contributed by atoms with Crippen molar-refractivity contribution in [3.63, 3.8) is 0 Å². The van der Waals surface area contributed by atoms with E-state index in [1.54, 1.807) is 6.92 Å². The van der Waals surface area contributed by atoms with E-state index in [2.05, 4.69) is 4.74 Å². The summed E-state index contributed by atoms with van der Waals surface area (Å²) < 4.78 is 4.63. The smallest absolute Gasteiger partial charge is 0.322 e. The number of hydrogen-bond donors (Lipinski definition) is 2. The first-order valence-electron chi connectivity index (χ1n) is 4.14. The lowest BCUT2D eigenvalue weighted by Gasteiger charge is -2.12. The molecule has 2 atom stereocenters. The quantitative estimate of drug-likeness (QED) is 0.593. The SMILES string of the molecule is CCOC(=O)C(N)CC(C)C(=O)O. The lowest BCUT2D eigenvalue weighted by atomic mass is 10.0. The van der Waals surface area contributed by atoms with Crippen LogP contribution in [0.2, 0.25) is 0 Å². The van der Waals surface area contributed by atoms with Crippen LogP contribution in [-0.4, -0.2) is 29.7 Å². The summed E-state index contributed by atoms with van der Waals surface area (Å²) in [4.78, 5) is 21.4. The lowest BCUT2D eigenvalue weighted by Crippen LogP contribution is -2.35. The zero-order valence-corrected chi connectivity index (χ0v) is 7.82. The molecule has 13 heavy (non-hydrogen) atoms. The van der Waals surface area contributed by atoms with Crippen LogP contribution in [0, 0.1) is 5.92 Å².